The molecular weight excluding hydrogens is 246 g/mol. The van der Waals surface area contributed by atoms with E-state index in [2.05, 4.69) is 60.8 Å². The quantitative estimate of drug-likeness (QED) is 0.833. The van der Waals surface area contributed by atoms with Crippen molar-refractivity contribution >= 4 is 0 Å². The number of hydrogen-bond acceptors (Lipinski definition) is 2. The van der Waals surface area contributed by atoms with Gasteiger partial charge in [0.1, 0.15) is 0 Å². The molecule has 20 heavy (non-hydrogen) atoms. The van der Waals surface area contributed by atoms with Gasteiger partial charge in [-0.2, -0.15) is 5.10 Å². The molecule has 0 saturated carbocycles. The van der Waals surface area contributed by atoms with Crippen molar-refractivity contribution in [3.05, 3.63) is 53.3 Å². The molecule has 3 nitrogen and oxygen atoms in total. The number of nitrogens with zero attached hydrogens (tertiary/aromatic N) is 2. The third-order valence-electron chi connectivity index (χ3n) is 3.64. The minimum atomic E-state index is 0.422. The molecule has 1 atom stereocenters. The molecule has 1 aromatic heterocycles. The van der Waals surface area contributed by atoms with E-state index >= 15 is 0 Å². The highest BCUT2D eigenvalue weighted by Gasteiger charge is 2.12. The van der Waals surface area contributed by atoms with Crippen LogP contribution < -0.4 is 5.32 Å². The van der Waals surface area contributed by atoms with Crippen molar-refractivity contribution in [2.45, 2.75) is 45.7 Å². The predicted molar refractivity (Wildman–Crippen MR) is 83.5 cm³/mol. The molecule has 0 radical (unpaired) electrons. The highest BCUT2D eigenvalue weighted by molar-refractivity contribution is 5.21. The Labute approximate surface area is 122 Å². The van der Waals surface area contributed by atoms with E-state index in [1.165, 1.54) is 23.2 Å². The lowest BCUT2D eigenvalue weighted by Gasteiger charge is -2.18. The number of benzene rings is 1. The molecule has 0 spiro atoms. The maximum Gasteiger partial charge on any atom is 0.0666 e. The van der Waals surface area contributed by atoms with Crippen LogP contribution in [0.3, 0.4) is 0 Å². The van der Waals surface area contributed by atoms with Crippen LogP contribution in [0.1, 0.15) is 49.6 Å². The standard InChI is InChI=1S/C17H25N3/c1-4-9-17(14-10-7-6-8-11-14)18-12-15-13-20(3)19-16(15)5-2/h6-8,10-11,13,17-18H,4-5,9,12H2,1-3H3. The molecular formula is C17H25N3. The first kappa shape index (κ1) is 14.8. The summed E-state index contributed by atoms with van der Waals surface area (Å²) >= 11 is 0. The first-order valence-electron chi connectivity index (χ1n) is 7.54. The Bertz CT molecular complexity index is 516. The van der Waals surface area contributed by atoms with Gasteiger partial charge in [-0.15, -0.1) is 0 Å². The third-order valence-corrected chi connectivity index (χ3v) is 3.64. The van der Waals surface area contributed by atoms with Crippen LogP contribution >= 0.6 is 0 Å². The first-order valence-corrected chi connectivity index (χ1v) is 7.54. The highest BCUT2D eigenvalue weighted by Crippen LogP contribution is 2.19. The molecule has 2 rings (SSSR count). The van der Waals surface area contributed by atoms with Gasteiger partial charge >= 0.3 is 0 Å². The highest BCUT2D eigenvalue weighted by atomic mass is 15.3. The summed E-state index contributed by atoms with van der Waals surface area (Å²) in [5, 5.41) is 8.19. The monoisotopic (exact) mass is 271 g/mol. The molecule has 1 unspecified atom stereocenters. The van der Waals surface area contributed by atoms with E-state index in [0.29, 0.717) is 6.04 Å². The Morgan fingerprint density at radius 2 is 1.95 bits per heavy atom. The third kappa shape index (κ3) is 3.70. The van der Waals surface area contributed by atoms with Crippen LogP contribution in [-0.2, 0) is 20.0 Å². The van der Waals surface area contributed by atoms with Crippen molar-refractivity contribution in [2.24, 2.45) is 7.05 Å². The normalized spacial score (nSPS) is 12.6. The van der Waals surface area contributed by atoms with Crippen molar-refractivity contribution in [1.29, 1.82) is 0 Å². The lowest BCUT2D eigenvalue weighted by molar-refractivity contribution is 0.492. The van der Waals surface area contributed by atoms with Crippen molar-refractivity contribution in [3.63, 3.8) is 0 Å². The number of hydrogen-bond donors (Lipinski definition) is 1. The molecule has 0 aliphatic heterocycles. The van der Waals surface area contributed by atoms with Gasteiger partial charge in [0.15, 0.2) is 0 Å². The van der Waals surface area contributed by atoms with Crippen molar-refractivity contribution in [1.82, 2.24) is 15.1 Å². The van der Waals surface area contributed by atoms with Crippen LogP contribution in [0.5, 0.6) is 0 Å². The largest absolute Gasteiger partial charge is 0.306 e. The molecule has 108 valence electrons. The van der Waals surface area contributed by atoms with E-state index in [4.69, 9.17) is 0 Å². The summed E-state index contributed by atoms with van der Waals surface area (Å²) in [4.78, 5) is 0. The molecule has 1 aromatic carbocycles. The van der Waals surface area contributed by atoms with Gasteiger partial charge in [0.25, 0.3) is 0 Å². The van der Waals surface area contributed by atoms with Gasteiger partial charge in [0.05, 0.1) is 5.69 Å². The predicted octanol–water partition coefficient (Wildman–Crippen LogP) is 3.61. The zero-order valence-corrected chi connectivity index (χ0v) is 12.8. The van der Waals surface area contributed by atoms with E-state index in [9.17, 15) is 0 Å². The van der Waals surface area contributed by atoms with Crippen LogP contribution in [0.25, 0.3) is 0 Å². The smallest absolute Gasteiger partial charge is 0.0666 e. The lowest BCUT2D eigenvalue weighted by atomic mass is 10.0. The van der Waals surface area contributed by atoms with E-state index in [-0.39, 0.29) is 0 Å². The number of aromatic nitrogens is 2. The number of aryl methyl sites for hydroxylation is 2. The Hall–Kier alpha value is -1.61. The summed E-state index contributed by atoms with van der Waals surface area (Å²) in [6, 6.07) is 11.1. The van der Waals surface area contributed by atoms with Crippen LogP contribution in [0.4, 0.5) is 0 Å². The SMILES string of the molecule is CCCC(NCc1cn(C)nc1CC)c1ccccc1. The zero-order valence-electron chi connectivity index (χ0n) is 12.8. The van der Waals surface area contributed by atoms with Crippen LogP contribution in [-0.4, -0.2) is 9.78 Å². The Kier molecular flexibility index (Phi) is 5.36. The second kappa shape index (κ2) is 7.25. The molecule has 2 aromatic rings. The second-order valence-corrected chi connectivity index (χ2v) is 5.26. The maximum atomic E-state index is 4.50. The van der Waals surface area contributed by atoms with Gasteiger partial charge in [-0.25, -0.2) is 0 Å². The lowest BCUT2D eigenvalue weighted by Crippen LogP contribution is -2.21. The minimum Gasteiger partial charge on any atom is -0.306 e. The average molecular weight is 271 g/mol. The minimum absolute atomic E-state index is 0.422. The maximum absolute atomic E-state index is 4.50. The van der Waals surface area contributed by atoms with Crippen molar-refractivity contribution < 1.29 is 0 Å². The summed E-state index contributed by atoms with van der Waals surface area (Å²) in [5.41, 5.74) is 3.88. The van der Waals surface area contributed by atoms with E-state index in [0.717, 1.165) is 19.4 Å². The Morgan fingerprint density at radius 3 is 2.60 bits per heavy atom. The fraction of sp³-hybridized carbons (Fsp3) is 0.471. The second-order valence-electron chi connectivity index (χ2n) is 5.26. The molecule has 1 N–H and O–H groups in total. The summed E-state index contributed by atoms with van der Waals surface area (Å²) in [5.74, 6) is 0. The average Bonchev–Trinajstić information content (AvgIpc) is 2.84. The number of rotatable bonds is 7. The van der Waals surface area contributed by atoms with Gasteiger partial charge in [-0.3, -0.25) is 4.68 Å². The van der Waals surface area contributed by atoms with Crippen molar-refractivity contribution in [2.75, 3.05) is 0 Å². The molecule has 1 heterocycles. The topological polar surface area (TPSA) is 29.9 Å². The molecule has 0 aliphatic carbocycles. The van der Waals surface area contributed by atoms with Gasteiger partial charge in [-0.05, 0) is 18.4 Å². The van der Waals surface area contributed by atoms with Gasteiger partial charge in [0, 0.05) is 31.4 Å². The molecule has 0 amide bonds. The fourth-order valence-corrected chi connectivity index (χ4v) is 2.62. The molecule has 0 saturated heterocycles. The van der Waals surface area contributed by atoms with Gasteiger partial charge in [0.2, 0.25) is 0 Å². The summed E-state index contributed by atoms with van der Waals surface area (Å²) < 4.78 is 1.91. The van der Waals surface area contributed by atoms with E-state index in [1.54, 1.807) is 0 Å². The van der Waals surface area contributed by atoms with E-state index in [1.807, 2.05) is 11.7 Å². The van der Waals surface area contributed by atoms with Gasteiger partial charge in [-0.1, -0.05) is 50.6 Å². The number of nitrogens with one attached hydrogen (secondary N) is 1. The molecule has 0 bridgehead atoms. The molecule has 0 aliphatic rings. The summed E-state index contributed by atoms with van der Waals surface area (Å²) in [6.07, 6.45) is 5.45. The van der Waals surface area contributed by atoms with Crippen molar-refractivity contribution in [3.8, 4) is 0 Å². The first-order chi connectivity index (χ1) is 9.74. The van der Waals surface area contributed by atoms with Crippen LogP contribution in [0, 0.1) is 0 Å². The zero-order chi connectivity index (χ0) is 14.4. The summed E-state index contributed by atoms with van der Waals surface area (Å²) in [6.45, 7) is 5.28. The summed E-state index contributed by atoms with van der Waals surface area (Å²) in [7, 11) is 1.99. The van der Waals surface area contributed by atoms with Crippen LogP contribution in [0.2, 0.25) is 0 Å². The molecule has 3 heteroatoms. The van der Waals surface area contributed by atoms with E-state index < -0.39 is 0 Å². The molecule has 0 fully saturated rings. The fourth-order valence-electron chi connectivity index (χ4n) is 2.62. The van der Waals surface area contributed by atoms with Gasteiger partial charge < -0.3 is 5.32 Å². The van der Waals surface area contributed by atoms with Crippen LogP contribution in [0.15, 0.2) is 36.5 Å². The Balaban J connectivity index is 2.05. The Morgan fingerprint density at radius 1 is 1.20 bits per heavy atom.